The van der Waals surface area contributed by atoms with Gasteiger partial charge in [-0.2, -0.15) is 0 Å². The molecule has 0 fully saturated rings. The summed E-state index contributed by atoms with van der Waals surface area (Å²) < 4.78 is 27.7. The fourth-order valence-electron chi connectivity index (χ4n) is 2.77. The summed E-state index contributed by atoms with van der Waals surface area (Å²) in [4.78, 5) is 12.7. The zero-order chi connectivity index (χ0) is 21.0. The molecule has 7 heteroatoms. The minimum Gasteiger partial charge on any atom is -0.348 e. The van der Waals surface area contributed by atoms with Crippen molar-refractivity contribution in [1.29, 1.82) is 0 Å². The second kappa shape index (κ2) is 8.68. The van der Waals surface area contributed by atoms with Crippen molar-refractivity contribution in [2.24, 2.45) is 0 Å². The fourth-order valence-corrected chi connectivity index (χ4v) is 4.03. The van der Waals surface area contributed by atoms with Crippen molar-refractivity contribution in [3.8, 4) is 0 Å². The number of hydrogen-bond donors (Lipinski definition) is 2. The summed E-state index contributed by atoms with van der Waals surface area (Å²) in [5.41, 5.74) is 3.48. The molecule has 2 N–H and O–H groups in total. The lowest BCUT2D eigenvalue weighted by molar-refractivity contribution is 0.0951. The molecule has 0 unspecified atom stereocenters. The number of amides is 1. The van der Waals surface area contributed by atoms with Gasteiger partial charge in [0.1, 0.15) is 0 Å². The van der Waals surface area contributed by atoms with Crippen molar-refractivity contribution in [3.63, 3.8) is 0 Å². The molecule has 0 radical (unpaired) electrons. The first-order valence-corrected chi connectivity index (χ1v) is 10.8. The fraction of sp³-hybridized carbons (Fsp3) is 0.136. The van der Waals surface area contributed by atoms with Gasteiger partial charge in [-0.25, -0.2) is 8.42 Å². The highest BCUT2D eigenvalue weighted by Gasteiger charge is 2.17. The Labute approximate surface area is 175 Å². The number of anilines is 1. The van der Waals surface area contributed by atoms with E-state index in [-0.39, 0.29) is 27.1 Å². The molecular weight excluding hydrogens is 408 g/mol. The molecule has 29 heavy (non-hydrogen) atoms. The van der Waals surface area contributed by atoms with E-state index < -0.39 is 10.0 Å². The van der Waals surface area contributed by atoms with Gasteiger partial charge in [-0.15, -0.1) is 0 Å². The van der Waals surface area contributed by atoms with Gasteiger partial charge in [0.2, 0.25) is 0 Å². The second-order valence-electron chi connectivity index (χ2n) is 6.72. The van der Waals surface area contributed by atoms with Crippen LogP contribution in [0.4, 0.5) is 5.69 Å². The number of carbonyl (C=O) groups is 1. The van der Waals surface area contributed by atoms with E-state index in [2.05, 4.69) is 10.0 Å². The van der Waals surface area contributed by atoms with Crippen LogP contribution in [-0.2, 0) is 16.6 Å². The molecule has 3 aromatic rings. The number of aryl methyl sites for hydroxylation is 2. The zero-order valence-electron chi connectivity index (χ0n) is 16.1. The minimum atomic E-state index is -3.77. The molecule has 150 valence electrons. The largest absolute Gasteiger partial charge is 0.348 e. The van der Waals surface area contributed by atoms with Crippen LogP contribution in [0.15, 0.2) is 71.6 Å². The van der Waals surface area contributed by atoms with Crippen LogP contribution in [0, 0.1) is 13.8 Å². The van der Waals surface area contributed by atoms with E-state index >= 15 is 0 Å². The van der Waals surface area contributed by atoms with Crippen LogP contribution in [0.2, 0.25) is 5.02 Å². The number of sulfonamides is 1. The van der Waals surface area contributed by atoms with Crippen molar-refractivity contribution >= 4 is 33.2 Å². The van der Waals surface area contributed by atoms with Gasteiger partial charge >= 0.3 is 0 Å². The van der Waals surface area contributed by atoms with Crippen LogP contribution in [0.1, 0.15) is 27.0 Å². The Hall–Kier alpha value is -2.83. The predicted octanol–water partition coefficient (Wildman–Crippen LogP) is 4.69. The van der Waals surface area contributed by atoms with Gasteiger partial charge in [-0.1, -0.05) is 53.6 Å². The van der Waals surface area contributed by atoms with Crippen molar-refractivity contribution in [3.05, 3.63) is 94.0 Å². The predicted molar refractivity (Wildman–Crippen MR) is 116 cm³/mol. The number of halogens is 1. The number of rotatable bonds is 6. The molecule has 0 saturated heterocycles. The molecule has 0 atom stereocenters. The quantitative estimate of drug-likeness (QED) is 0.598. The molecule has 0 aliphatic heterocycles. The first-order valence-electron chi connectivity index (χ1n) is 8.98. The highest BCUT2D eigenvalue weighted by atomic mass is 35.5. The average molecular weight is 429 g/mol. The molecular formula is C22H21ClN2O3S. The molecule has 1 amide bonds. The maximum Gasteiger partial charge on any atom is 0.261 e. The normalized spacial score (nSPS) is 11.1. The van der Waals surface area contributed by atoms with Gasteiger partial charge in [0.25, 0.3) is 15.9 Å². The average Bonchev–Trinajstić information content (AvgIpc) is 2.69. The van der Waals surface area contributed by atoms with Gasteiger partial charge in [0, 0.05) is 12.2 Å². The van der Waals surface area contributed by atoms with E-state index in [0.717, 1.165) is 16.7 Å². The van der Waals surface area contributed by atoms with E-state index in [1.165, 1.54) is 30.3 Å². The molecule has 0 aliphatic rings. The van der Waals surface area contributed by atoms with Gasteiger partial charge in [-0.3, -0.25) is 9.52 Å². The third-order valence-electron chi connectivity index (χ3n) is 4.50. The van der Waals surface area contributed by atoms with E-state index in [4.69, 9.17) is 11.6 Å². The van der Waals surface area contributed by atoms with Crippen LogP contribution in [0.25, 0.3) is 0 Å². The second-order valence-corrected chi connectivity index (χ2v) is 8.81. The zero-order valence-corrected chi connectivity index (χ0v) is 17.6. The molecule has 3 rings (SSSR count). The Bertz CT molecular complexity index is 1140. The van der Waals surface area contributed by atoms with Crippen LogP contribution < -0.4 is 10.0 Å². The van der Waals surface area contributed by atoms with Crippen molar-refractivity contribution in [2.45, 2.75) is 25.3 Å². The monoisotopic (exact) mass is 428 g/mol. The third kappa shape index (κ3) is 5.16. The Balaban J connectivity index is 1.78. The van der Waals surface area contributed by atoms with Gasteiger partial charge in [0.05, 0.1) is 15.5 Å². The van der Waals surface area contributed by atoms with E-state index in [0.29, 0.717) is 6.54 Å². The van der Waals surface area contributed by atoms with Gasteiger partial charge < -0.3 is 5.32 Å². The first-order chi connectivity index (χ1) is 13.8. The first kappa shape index (κ1) is 20.9. The molecule has 5 nitrogen and oxygen atoms in total. The molecule has 0 heterocycles. The highest BCUT2D eigenvalue weighted by molar-refractivity contribution is 7.92. The summed E-state index contributed by atoms with van der Waals surface area (Å²) in [6.45, 7) is 4.20. The molecule has 0 aliphatic carbocycles. The summed E-state index contributed by atoms with van der Waals surface area (Å²) in [5, 5.41) is 3.07. The lowest BCUT2D eigenvalue weighted by Gasteiger charge is -2.12. The van der Waals surface area contributed by atoms with Crippen LogP contribution in [0.5, 0.6) is 0 Å². The molecule has 0 saturated carbocycles. The summed E-state index contributed by atoms with van der Waals surface area (Å²) in [7, 11) is -3.77. The standard InChI is InChI=1S/C22H21ClN2O3S/c1-15-7-10-19(11-8-15)29(27,28)25-18-9-12-21(23)20(13-18)22(26)24-14-17-6-4-3-5-16(17)2/h3-13,25H,14H2,1-2H3,(H,24,26). The Morgan fingerprint density at radius 1 is 0.966 bits per heavy atom. The van der Waals surface area contributed by atoms with Crippen LogP contribution in [-0.4, -0.2) is 14.3 Å². The molecule has 3 aromatic carbocycles. The van der Waals surface area contributed by atoms with Gasteiger partial charge in [-0.05, 0) is 55.3 Å². The summed E-state index contributed by atoms with van der Waals surface area (Å²) in [6.07, 6.45) is 0. The molecule has 0 aromatic heterocycles. The van der Waals surface area contributed by atoms with Crippen molar-refractivity contribution in [1.82, 2.24) is 5.32 Å². The summed E-state index contributed by atoms with van der Waals surface area (Å²) >= 11 is 6.17. The summed E-state index contributed by atoms with van der Waals surface area (Å²) in [5.74, 6) is -0.380. The Morgan fingerprint density at radius 2 is 1.66 bits per heavy atom. The maximum absolute atomic E-state index is 12.6. The van der Waals surface area contributed by atoms with Crippen molar-refractivity contribution in [2.75, 3.05) is 4.72 Å². The third-order valence-corrected chi connectivity index (χ3v) is 6.22. The number of nitrogens with one attached hydrogen (secondary N) is 2. The maximum atomic E-state index is 12.6. The Kier molecular flexibility index (Phi) is 6.25. The van der Waals surface area contributed by atoms with E-state index in [1.807, 2.05) is 38.1 Å². The SMILES string of the molecule is Cc1ccc(S(=O)(=O)Nc2ccc(Cl)c(C(=O)NCc3ccccc3C)c2)cc1. The number of benzene rings is 3. The molecule has 0 bridgehead atoms. The minimum absolute atomic E-state index is 0.142. The van der Waals surface area contributed by atoms with Crippen molar-refractivity contribution < 1.29 is 13.2 Å². The number of carbonyl (C=O) groups excluding carboxylic acids is 1. The highest BCUT2D eigenvalue weighted by Crippen LogP contribution is 2.23. The van der Waals surface area contributed by atoms with Crippen LogP contribution >= 0.6 is 11.6 Å². The van der Waals surface area contributed by atoms with Gasteiger partial charge in [0.15, 0.2) is 0 Å². The smallest absolute Gasteiger partial charge is 0.261 e. The van der Waals surface area contributed by atoms with E-state index in [9.17, 15) is 13.2 Å². The number of hydrogen-bond acceptors (Lipinski definition) is 3. The Morgan fingerprint density at radius 3 is 2.34 bits per heavy atom. The summed E-state index contributed by atoms with van der Waals surface area (Å²) in [6, 6.07) is 18.7. The molecule has 0 spiro atoms. The van der Waals surface area contributed by atoms with Crippen LogP contribution in [0.3, 0.4) is 0 Å². The van der Waals surface area contributed by atoms with E-state index in [1.54, 1.807) is 12.1 Å². The lowest BCUT2D eigenvalue weighted by Crippen LogP contribution is -2.24. The lowest BCUT2D eigenvalue weighted by atomic mass is 10.1. The topological polar surface area (TPSA) is 75.3 Å².